The quantitative estimate of drug-likeness (QED) is 0.144. The van der Waals surface area contributed by atoms with E-state index in [0.29, 0.717) is 89.1 Å². The van der Waals surface area contributed by atoms with Gasteiger partial charge in [-0.1, -0.05) is 119 Å². The molecule has 6 nitrogen and oxygen atoms in total. The van der Waals surface area contributed by atoms with Crippen molar-refractivity contribution in [1.82, 2.24) is 0 Å². The van der Waals surface area contributed by atoms with Crippen LogP contribution in [0.3, 0.4) is 0 Å². The molecular formula is C50H30Cl4O6. The van der Waals surface area contributed by atoms with Crippen LogP contribution >= 0.6 is 46.4 Å². The van der Waals surface area contributed by atoms with Gasteiger partial charge in [0.15, 0.2) is 0 Å². The first-order valence-electron chi connectivity index (χ1n) is 19.0. The molecule has 294 valence electrons. The largest absolute Gasteiger partial charge is 0.456 e. The molecule has 2 heterocycles. The first kappa shape index (κ1) is 38.0. The molecule has 0 bridgehead atoms. The Bertz CT molecular complexity index is 2540. The molecule has 0 N–H and O–H groups in total. The summed E-state index contributed by atoms with van der Waals surface area (Å²) in [6, 6.07) is 52.8. The van der Waals surface area contributed by atoms with Gasteiger partial charge in [-0.15, -0.1) is 0 Å². The van der Waals surface area contributed by atoms with Crippen LogP contribution in [-0.4, -0.2) is 0 Å². The number of ether oxygens (including phenoxy) is 6. The zero-order valence-electron chi connectivity index (χ0n) is 31.3. The number of rotatable bonds is 9. The fourth-order valence-corrected chi connectivity index (χ4v) is 8.30. The normalized spacial score (nSPS) is 12.8. The van der Waals surface area contributed by atoms with E-state index >= 15 is 0 Å². The van der Waals surface area contributed by atoms with Crippen molar-refractivity contribution in [3.8, 4) is 69.0 Å². The minimum absolute atomic E-state index is 0.292. The van der Waals surface area contributed by atoms with E-state index in [0.717, 1.165) is 22.3 Å². The standard InChI is InChI=1S/C50H30Cl4O6/c51-37-9-1-5-13-41(37)55-29-17-21-33-45(25-29)59-46-26-30(56-42-14-6-2-10-38(42)52)18-22-34(46)49(33)50-35-23-19-31(57-43-15-7-3-11-39(43)53)27-47(35)60-48-28-32(20-24-36(48)50)58-44-16-8-4-12-40(44)54/h1-28,49-50H. The van der Waals surface area contributed by atoms with Crippen molar-refractivity contribution in [2.75, 3.05) is 0 Å². The third-order valence-electron chi connectivity index (χ3n) is 10.3. The predicted molar refractivity (Wildman–Crippen MR) is 236 cm³/mol. The third kappa shape index (κ3) is 7.44. The molecule has 0 radical (unpaired) electrons. The van der Waals surface area contributed by atoms with E-state index in [1.807, 2.05) is 146 Å². The number of halogens is 4. The van der Waals surface area contributed by atoms with Gasteiger partial charge >= 0.3 is 0 Å². The Balaban J connectivity index is 1.12. The van der Waals surface area contributed by atoms with Gasteiger partial charge < -0.3 is 28.4 Å². The zero-order valence-corrected chi connectivity index (χ0v) is 34.3. The van der Waals surface area contributed by atoms with Gasteiger partial charge in [0.2, 0.25) is 0 Å². The topological polar surface area (TPSA) is 55.4 Å². The molecule has 0 aliphatic carbocycles. The highest BCUT2D eigenvalue weighted by molar-refractivity contribution is 6.33. The molecule has 60 heavy (non-hydrogen) atoms. The average Bonchev–Trinajstić information content (AvgIpc) is 3.25. The maximum absolute atomic E-state index is 6.76. The summed E-state index contributed by atoms with van der Waals surface area (Å²) in [6.45, 7) is 0. The monoisotopic (exact) mass is 866 g/mol. The van der Waals surface area contributed by atoms with Gasteiger partial charge in [0.1, 0.15) is 69.0 Å². The summed E-state index contributed by atoms with van der Waals surface area (Å²) >= 11 is 26.0. The van der Waals surface area contributed by atoms with E-state index in [-0.39, 0.29) is 11.8 Å². The summed E-state index contributed by atoms with van der Waals surface area (Å²) < 4.78 is 38.7. The highest BCUT2D eigenvalue weighted by Gasteiger charge is 2.41. The maximum Gasteiger partial charge on any atom is 0.146 e. The van der Waals surface area contributed by atoms with E-state index in [4.69, 9.17) is 74.8 Å². The third-order valence-corrected chi connectivity index (χ3v) is 11.6. The highest BCUT2D eigenvalue weighted by atomic mass is 35.5. The van der Waals surface area contributed by atoms with Crippen LogP contribution in [0.2, 0.25) is 20.1 Å². The lowest BCUT2D eigenvalue weighted by atomic mass is 9.71. The van der Waals surface area contributed by atoms with Gasteiger partial charge in [-0.3, -0.25) is 0 Å². The van der Waals surface area contributed by atoms with Crippen molar-refractivity contribution in [3.05, 3.63) is 212 Å². The molecule has 10 rings (SSSR count). The first-order valence-corrected chi connectivity index (χ1v) is 20.5. The summed E-state index contributed by atoms with van der Waals surface area (Å²) in [6.07, 6.45) is 0. The van der Waals surface area contributed by atoms with E-state index in [1.165, 1.54) is 0 Å². The molecule has 0 aromatic heterocycles. The molecule has 0 saturated heterocycles. The average molecular weight is 869 g/mol. The van der Waals surface area contributed by atoms with Crippen LogP contribution in [0.15, 0.2) is 170 Å². The molecule has 0 saturated carbocycles. The van der Waals surface area contributed by atoms with Crippen molar-refractivity contribution in [3.63, 3.8) is 0 Å². The van der Waals surface area contributed by atoms with Gasteiger partial charge in [-0.25, -0.2) is 0 Å². The second-order valence-corrected chi connectivity index (χ2v) is 15.7. The summed E-state index contributed by atoms with van der Waals surface area (Å²) in [4.78, 5) is 0. The SMILES string of the molecule is Clc1ccccc1Oc1ccc2c(c1)Oc1cc(Oc3ccccc3Cl)ccc1C2C1c2ccc(Oc3ccccc3Cl)cc2Oc2cc(Oc3ccccc3Cl)ccc21. The number of para-hydroxylation sites is 4. The van der Waals surface area contributed by atoms with Crippen LogP contribution in [0.1, 0.15) is 34.1 Å². The van der Waals surface area contributed by atoms with Crippen molar-refractivity contribution < 1.29 is 28.4 Å². The predicted octanol–water partition coefficient (Wildman–Crippen LogP) is 16.6. The fourth-order valence-electron chi connectivity index (χ4n) is 7.60. The van der Waals surface area contributed by atoms with E-state index < -0.39 is 0 Å². The number of hydrogen-bond donors (Lipinski definition) is 0. The van der Waals surface area contributed by atoms with Crippen LogP contribution in [-0.2, 0) is 0 Å². The van der Waals surface area contributed by atoms with Gasteiger partial charge in [0.05, 0.1) is 20.1 Å². The first-order chi connectivity index (χ1) is 29.3. The lowest BCUT2D eigenvalue weighted by Gasteiger charge is -2.38. The minimum Gasteiger partial charge on any atom is -0.456 e. The van der Waals surface area contributed by atoms with Crippen LogP contribution in [0.5, 0.6) is 69.0 Å². The van der Waals surface area contributed by atoms with Crippen molar-refractivity contribution in [2.24, 2.45) is 0 Å². The van der Waals surface area contributed by atoms with E-state index in [9.17, 15) is 0 Å². The molecule has 0 fully saturated rings. The van der Waals surface area contributed by atoms with Gasteiger partial charge in [-0.2, -0.15) is 0 Å². The fraction of sp³-hybridized carbons (Fsp3) is 0.0400. The number of fused-ring (bicyclic) bond motifs is 4. The Morgan fingerprint density at radius 3 is 0.767 bits per heavy atom. The van der Waals surface area contributed by atoms with Gasteiger partial charge in [0, 0.05) is 58.4 Å². The Labute approximate surface area is 365 Å². The van der Waals surface area contributed by atoms with Crippen LogP contribution < -0.4 is 28.4 Å². The second-order valence-electron chi connectivity index (χ2n) is 14.1. The molecule has 8 aromatic carbocycles. The zero-order chi connectivity index (χ0) is 40.7. The summed E-state index contributed by atoms with van der Waals surface area (Å²) in [5.74, 6) is 6.20. The highest BCUT2D eigenvalue weighted by Crippen LogP contribution is 2.59. The Hall–Kier alpha value is -6.28. The van der Waals surface area contributed by atoms with Crippen LogP contribution in [0.4, 0.5) is 0 Å². The van der Waals surface area contributed by atoms with Gasteiger partial charge in [-0.05, 0) is 72.8 Å². The molecule has 0 unspecified atom stereocenters. The Morgan fingerprint density at radius 2 is 0.533 bits per heavy atom. The van der Waals surface area contributed by atoms with Crippen molar-refractivity contribution >= 4 is 46.4 Å². The molecule has 0 atom stereocenters. The Morgan fingerprint density at radius 1 is 0.300 bits per heavy atom. The van der Waals surface area contributed by atoms with Gasteiger partial charge in [0.25, 0.3) is 0 Å². The molecule has 0 amide bonds. The van der Waals surface area contributed by atoms with Crippen molar-refractivity contribution in [1.29, 1.82) is 0 Å². The minimum atomic E-state index is -0.292. The summed E-state index contributed by atoms with van der Waals surface area (Å²) in [7, 11) is 0. The van der Waals surface area contributed by atoms with Crippen LogP contribution in [0, 0.1) is 0 Å². The molecule has 2 aliphatic rings. The molecule has 10 heteroatoms. The number of benzene rings is 8. The Kier molecular flexibility index (Phi) is 10.2. The lowest BCUT2D eigenvalue weighted by molar-refractivity contribution is 0.400. The molecular weight excluding hydrogens is 838 g/mol. The van der Waals surface area contributed by atoms with E-state index in [2.05, 4.69) is 0 Å². The lowest BCUT2D eigenvalue weighted by Crippen LogP contribution is -2.22. The second kappa shape index (κ2) is 16.1. The van der Waals surface area contributed by atoms with Crippen molar-refractivity contribution in [2.45, 2.75) is 11.8 Å². The number of hydrogen-bond acceptors (Lipinski definition) is 6. The van der Waals surface area contributed by atoms with Crippen LogP contribution in [0.25, 0.3) is 0 Å². The van der Waals surface area contributed by atoms with E-state index in [1.54, 1.807) is 24.3 Å². The smallest absolute Gasteiger partial charge is 0.146 e. The maximum atomic E-state index is 6.76. The summed E-state index contributed by atoms with van der Waals surface area (Å²) in [5, 5.41) is 1.97. The molecule has 8 aromatic rings. The molecule has 2 aliphatic heterocycles. The summed E-state index contributed by atoms with van der Waals surface area (Å²) in [5.41, 5.74) is 3.74. The molecule has 0 spiro atoms.